The normalized spacial score (nSPS) is 15.3. The molecule has 1 heterocycles. The first-order valence-electron chi connectivity index (χ1n) is 11.3. The van der Waals surface area contributed by atoms with Crippen molar-refractivity contribution in [1.29, 1.82) is 0 Å². The van der Waals surface area contributed by atoms with Gasteiger partial charge in [0.15, 0.2) is 0 Å². The molecule has 2 aromatic rings. The van der Waals surface area contributed by atoms with Crippen LogP contribution >= 0.6 is 11.6 Å². The molecule has 0 atom stereocenters. The van der Waals surface area contributed by atoms with E-state index in [-0.39, 0.29) is 29.2 Å². The zero-order valence-electron chi connectivity index (χ0n) is 19.5. The van der Waals surface area contributed by atoms with Gasteiger partial charge in [-0.25, -0.2) is 8.42 Å². The van der Waals surface area contributed by atoms with E-state index >= 15 is 0 Å². The van der Waals surface area contributed by atoms with Crippen LogP contribution in [-0.4, -0.2) is 69.2 Å². The lowest BCUT2D eigenvalue weighted by molar-refractivity contribution is -0.116. The van der Waals surface area contributed by atoms with Crippen molar-refractivity contribution in [2.45, 2.75) is 36.6 Å². The summed E-state index contributed by atoms with van der Waals surface area (Å²) in [5.74, 6) is -0.432. The number of amides is 2. The van der Waals surface area contributed by atoms with Gasteiger partial charge in [-0.15, -0.1) is 0 Å². The Kier molecular flexibility index (Phi) is 9.07. The molecule has 3 rings (SSSR count). The molecular formula is C24H31ClN4O4S. The van der Waals surface area contributed by atoms with Gasteiger partial charge in [-0.1, -0.05) is 11.6 Å². The van der Waals surface area contributed by atoms with Gasteiger partial charge in [0.25, 0.3) is 5.91 Å². The summed E-state index contributed by atoms with van der Waals surface area (Å²) in [7, 11) is 0.0707. The van der Waals surface area contributed by atoms with Crippen molar-refractivity contribution in [3.05, 3.63) is 59.1 Å². The molecule has 10 heteroatoms. The van der Waals surface area contributed by atoms with Crippen LogP contribution in [0, 0.1) is 0 Å². The number of carbonyl (C=O) groups is 2. The highest BCUT2D eigenvalue weighted by atomic mass is 35.5. The van der Waals surface area contributed by atoms with Crippen LogP contribution in [0.2, 0.25) is 5.02 Å². The molecule has 2 amide bonds. The Morgan fingerprint density at radius 1 is 1.06 bits per heavy atom. The van der Waals surface area contributed by atoms with E-state index < -0.39 is 10.0 Å². The molecular weight excluding hydrogens is 476 g/mol. The lowest BCUT2D eigenvalue weighted by atomic mass is 10.1. The Morgan fingerprint density at radius 3 is 2.29 bits per heavy atom. The molecule has 1 aliphatic rings. The number of halogens is 1. The third-order valence-corrected chi connectivity index (χ3v) is 8.17. The van der Waals surface area contributed by atoms with Crippen molar-refractivity contribution in [2.24, 2.45) is 0 Å². The summed E-state index contributed by atoms with van der Waals surface area (Å²) >= 11 is 5.82. The van der Waals surface area contributed by atoms with Gasteiger partial charge < -0.3 is 15.5 Å². The summed E-state index contributed by atoms with van der Waals surface area (Å²) in [5, 5.41) is 6.09. The molecule has 184 valence electrons. The molecule has 2 aromatic carbocycles. The molecule has 0 aliphatic carbocycles. The summed E-state index contributed by atoms with van der Waals surface area (Å²) in [6.45, 7) is 2.11. The number of likely N-dealkylation sites (tertiary alicyclic amines) is 1. The van der Waals surface area contributed by atoms with E-state index in [2.05, 4.69) is 15.5 Å². The van der Waals surface area contributed by atoms with Crippen LogP contribution in [0.4, 0.5) is 5.69 Å². The van der Waals surface area contributed by atoms with Crippen LogP contribution in [0.3, 0.4) is 0 Å². The Labute approximate surface area is 206 Å². The highest BCUT2D eigenvalue weighted by Crippen LogP contribution is 2.23. The molecule has 0 aromatic heterocycles. The highest BCUT2D eigenvalue weighted by Gasteiger charge is 2.30. The average molecular weight is 507 g/mol. The van der Waals surface area contributed by atoms with Gasteiger partial charge in [0.1, 0.15) is 0 Å². The Bertz CT molecular complexity index is 1080. The van der Waals surface area contributed by atoms with Gasteiger partial charge in [-0.2, -0.15) is 4.31 Å². The second-order valence-electron chi connectivity index (χ2n) is 8.49. The van der Waals surface area contributed by atoms with Crippen LogP contribution in [0.5, 0.6) is 0 Å². The smallest absolute Gasteiger partial charge is 0.251 e. The molecule has 2 N–H and O–H groups in total. The van der Waals surface area contributed by atoms with E-state index in [0.717, 1.165) is 25.9 Å². The Hall–Kier alpha value is -2.46. The predicted molar refractivity (Wildman–Crippen MR) is 134 cm³/mol. The van der Waals surface area contributed by atoms with Gasteiger partial charge >= 0.3 is 0 Å². The third-order valence-electron chi connectivity index (χ3n) is 5.99. The number of nitrogens with one attached hydrogen (secondary N) is 2. The van der Waals surface area contributed by atoms with E-state index in [1.165, 1.54) is 16.4 Å². The molecule has 0 unspecified atom stereocenters. The van der Waals surface area contributed by atoms with E-state index in [4.69, 9.17) is 11.6 Å². The minimum atomic E-state index is -3.60. The standard InChI is InChI=1S/C24H31ClN4O4S/c1-28-16-13-21(14-17-28)29(2)34(32,33)22-11-9-20(10-12-22)27-23(30)4-3-15-26-24(31)18-5-7-19(25)8-6-18/h5-12,21H,3-4,13-17H2,1-2H3,(H,26,31)(H,27,30). The van der Waals surface area contributed by atoms with Crippen LogP contribution in [0.15, 0.2) is 53.4 Å². The van der Waals surface area contributed by atoms with Crippen molar-refractivity contribution in [2.75, 3.05) is 39.0 Å². The molecule has 1 saturated heterocycles. The third kappa shape index (κ3) is 7.02. The number of hydrogen-bond donors (Lipinski definition) is 2. The second-order valence-corrected chi connectivity index (χ2v) is 10.9. The number of carbonyl (C=O) groups excluding carboxylic acids is 2. The first kappa shape index (κ1) is 26.2. The number of piperidine rings is 1. The topological polar surface area (TPSA) is 98.8 Å². The summed E-state index contributed by atoms with van der Waals surface area (Å²) in [5.41, 5.74) is 1.03. The Balaban J connectivity index is 1.45. The summed E-state index contributed by atoms with van der Waals surface area (Å²) in [6.07, 6.45) is 2.31. The van der Waals surface area contributed by atoms with Crippen molar-refractivity contribution < 1.29 is 18.0 Å². The van der Waals surface area contributed by atoms with Crippen LogP contribution in [0.25, 0.3) is 0 Å². The summed E-state index contributed by atoms with van der Waals surface area (Å²) in [4.78, 5) is 26.7. The van der Waals surface area contributed by atoms with E-state index in [9.17, 15) is 18.0 Å². The maximum absolute atomic E-state index is 13.0. The first-order valence-corrected chi connectivity index (χ1v) is 13.1. The van der Waals surface area contributed by atoms with Crippen molar-refractivity contribution in [3.63, 3.8) is 0 Å². The fourth-order valence-corrected chi connectivity index (χ4v) is 5.35. The maximum Gasteiger partial charge on any atom is 0.251 e. The van der Waals surface area contributed by atoms with Crippen LogP contribution < -0.4 is 10.6 Å². The van der Waals surface area contributed by atoms with Gasteiger partial charge in [0.2, 0.25) is 15.9 Å². The maximum atomic E-state index is 13.0. The van der Waals surface area contributed by atoms with E-state index in [0.29, 0.717) is 29.2 Å². The monoisotopic (exact) mass is 506 g/mol. The SMILES string of the molecule is CN1CCC(N(C)S(=O)(=O)c2ccc(NC(=O)CCCNC(=O)c3ccc(Cl)cc3)cc2)CC1. The number of nitrogens with zero attached hydrogens (tertiary/aromatic N) is 2. The lowest BCUT2D eigenvalue weighted by Gasteiger charge is -2.34. The Morgan fingerprint density at radius 2 is 1.68 bits per heavy atom. The number of hydrogen-bond acceptors (Lipinski definition) is 5. The minimum absolute atomic E-state index is 0.0132. The van der Waals surface area contributed by atoms with Crippen LogP contribution in [0.1, 0.15) is 36.0 Å². The number of sulfonamides is 1. The van der Waals surface area contributed by atoms with Crippen molar-refractivity contribution in [3.8, 4) is 0 Å². The van der Waals surface area contributed by atoms with Gasteiger partial charge in [0, 0.05) is 42.3 Å². The lowest BCUT2D eigenvalue weighted by Crippen LogP contribution is -2.44. The molecule has 1 fully saturated rings. The minimum Gasteiger partial charge on any atom is -0.352 e. The van der Waals surface area contributed by atoms with Gasteiger partial charge in [-0.3, -0.25) is 9.59 Å². The number of anilines is 1. The molecule has 0 radical (unpaired) electrons. The van der Waals surface area contributed by atoms with Crippen molar-refractivity contribution in [1.82, 2.24) is 14.5 Å². The molecule has 0 saturated carbocycles. The van der Waals surface area contributed by atoms with E-state index in [1.54, 1.807) is 43.4 Å². The van der Waals surface area contributed by atoms with Crippen LogP contribution in [-0.2, 0) is 14.8 Å². The molecule has 0 spiro atoms. The largest absolute Gasteiger partial charge is 0.352 e. The summed E-state index contributed by atoms with van der Waals surface area (Å²) in [6, 6.07) is 12.8. The zero-order chi connectivity index (χ0) is 24.7. The first-order chi connectivity index (χ1) is 16.2. The quantitative estimate of drug-likeness (QED) is 0.509. The fourth-order valence-electron chi connectivity index (χ4n) is 3.81. The fraction of sp³-hybridized carbons (Fsp3) is 0.417. The summed E-state index contributed by atoms with van der Waals surface area (Å²) < 4.78 is 27.4. The molecule has 34 heavy (non-hydrogen) atoms. The van der Waals surface area contributed by atoms with E-state index in [1.807, 2.05) is 7.05 Å². The van der Waals surface area contributed by atoms with Crippen molar-refractivity contribution >= 4 is 39.1 Å². The molecule has 8 nitrogen and oxygen atoms in total. The second kappa shape index (κ2) is 11.8. The van der Waals surface area contributed by atoms with Gasteiger partial charge in [0.05, 0.1) is 4.90 Å². The highest BCUT2D eigenvalue weighted by molar-refractivity contribution is 7.89. The number of rotatable bonds is 9. The zero-order valence-corrected chi connectivity index (χ0v) is 21.0. The van der Waals surface area contributed by atoms with Gasteiger partial charge in [-0.05, 0) is 87.9 Å². The average Bonchev–Trinajstić information content (AvgIpc) is 2.82. The number of benzene rings is 2. The molecule has 0 bridgehead atoms. The predicted octanol–water partition coefficient (Wildman–Crippen LogP) is 3.20. The molecule has 1 aliphatic heterocycles.